The Kier molecular flexibility index (Phi) is 54.8. The highest BCUT2D eigenvalue weighted by atomic mass is 31.2. The molecule has 0 saturated carbocycles. The minimum absolute atomic E-state index is 0.101. The lowest BCUT2D eigenvalue weighted by atomic mass is 10.00. The van der Waals surface area contributed by atoms with Crippen LogP contribution in [0.2, 0.25) is 0 Å². The molecule has 3 N–H and O–H groups in total. The monoisotopic (exact) mass is 1250 g/mol. The standard InChI is InChI=1S/C66H128O17P2/c1-9-59(8)45-37-29-23-25-31-39-47-64(69)77-53-61(82-65(70)48-40-32-20-16-14-12-10-11-13-15-18-26-34-42-56(2)3)54-80-84(72,73)78-50-60(67)51-79-85(74,75)81-55-62(83-66(71)49-41-33-24-22-28-36-44-58(6)7)52-76-63(68)46-38-30-21-17-19-27-35-43-57(4)5/h56-62,67H,9-55H2,1-8H3,(H,72,73)(H,74,75)/t59?,60?,61-,62-/m1/s1. The number of carbonyl (C=O) groups excluding carboxylic acids is 4. The highest BCUT2D eigenvalue weighted by Crippen LogP contribution is 2.45. The molecule has 0 rings (SSSR count). The molecule has 4 unspecified atom stereocenters. The molecule has 0 saturated heterocycles. The van der Waals surface area contributed by atoms with Gasteiger partial charge in [-0.15, -0.1) is 0 Å². The molecule has 0 bridgehead atoms. The fourth-order valence-corrected chi connectivity index (χ4v) is 11.3. The van der Waals surface area contributed by atoms with Crippen molar-refractivity contribution in [3.63, 3.8) is 0 Å². The Morgan fingerprint density at radius 3 is 0.835 bits per heavy atom. The van der Waals surface area contributed by atoms with E-state index >= 15 is 0 Å². The van der Waals surface area contributed by atoms with E-state index in [1.54, 1.807) is 0 Å². The van der Waals surface area contributed by atoms with Gasteiger partial charge in [0.1, 0.15) is 19.3 Å². The smallest absolute Gasteiger partial charge is 0.462 e. The van der Waals surface area contributed by atoms with E-state index in [0.29, 0.717) is 37.5 Å². The van der Waals surface area contributed by atoms with Gasteiger partial charge >= 0.3 is 39.5 Å². The second-order valence-electron chi connectivity index (χ2n) is 25.5. The van der Waals surface area contributed by atoms with Crippen LogP contribution in [0.15, 0.2) is 0 Å². The van der Waals surface area contributed by atoms with Crippen molar-refractivity contribution in [2.45, 2.75) is 337 Å². The van der Waals surface area contributed by atoms with E-state index in [9.17, 15) is 43.2 Å². The first-order chi connectivity index (χ1) is 40.6. The lowest BCUT2D eigenvalue weighted by molar-refractivity contribution is -0.161. The molecular weight excluding hydrogens is 1130 g/mol. The molecule has 0 radical (unpaired) electrons. The average molecular weight is 1260 g/mol. The van der Waals surface area contributed by atoms with Crippen LogP contribution in [-0.4, -0.2) is 96.7 Å². The van der Waals surface area contributed by atoms with Gasteiger partial charge < -0.3 is 33.8 Å². The Morgan fingerprint density at radius 2 is 0.565 bits per heavy atom. The molecule has 0 aromatic heterocycles. The molecule has 0 aromatic rings. The molecule has 0 fully saturated rings. The predicted molar refractivity (Wildman–Crippen MR) is 340 cm³/mol. The zero-order valence-corrected chi connectivity index (χ0v) is 57.0. The van der Waals surface area contributed by atoms with Gasteiger partial charge in [-0.1, -0.05) is 267 Å². The molecule has 0 aliphatic carbocycles. The van der Waals surface area contributed by atoms with Crippen LogP contribution in [0.5, 0.6) is 0 Å². The number of aliphatic hydroxyl groups excluding tert-OH is 1. The summed E-state index contributed by atoms with van der Waals surface area (Å²) >= 11 is 0. The Balaban J connectivity index is 5.23. The van der Waals surface area contributed by atoms with Crippen LogP contribution < -0.4 is 0 Å². The van der Waals surface area contributed by atoms with E-state index in [1.165, 1.54) is 109 Å². The summed E-state index contributed by atoms with van der Waals surface area (Å²) < 4.78 is 68.0. The van der Waals surface area contributed by atoms with Crippen LogP contribution in [0.4, 0.5) is 0 Å². The normalized spacial score (nSPS) is 14.7. The maximum atomic E-state index is 13.0. The fraction of sp³-hybridized carbons (Fsp3) is 0.939. The lowest BCUT2D eigenvalue weighted by Crippen LogP contribution is -2.30. The van der Waals surface area contributed by atoms with Gasteiger partial charge in [0.25, 0.3) is 0 Å². The van der Waals surface area contributed by atoms with Crippen LogP contribution in [-0.2, 0) is 65.4 Å². The van der Waals surface area contributed by atoms with Crippen molar-refractivity contribution in [3.05, 3.63) is 0 Å². The molecule has 85 heavy (non-hydrogen) atoms. The third kappa shape index (κ3) is 59.5. The summed E-state index contributed by atoms with van der Waals surface area (Å²) in [5.41, 5.74) is 0. The van der Waals surface area contributed by atoms with Crippen molar-refractivity contribution in [2.75, 3.05) is 39.6 Å². The molecular formula is C66H128O17P2. The van der Waals surface area contributed by atoms with E-state index in [1.807, 2.05) is 0 Å². The SMILES string of the molecule is CCC(C)CCCCCCCCC(=O)OC[C@H](COP(=O)(O)OCC(O)COP(=O)(O)OC[C@@H](COC(=O)CCCCCCCCCC(C)C)OC(=O)CCCCCCCCC(C)C)OC(=O)CCCCCCCCCCCCCCCC(C)C. The fourth-order valence-electron chi connectivity index (χ4n) is 9.75. The molecule has 0 aliphatic heterocycles. The number of carbonyl (C=O) groups is 4. The predicted octanol–water partition coefficient (Wildman–Crippen LogP) is 18.1. The molecule has 19 heteroatoms. The highest BCUT2D eigenvalue weighted by molar-refractivity contribution is 7.47. The Labute approximate surface area is 517 Å². The quantitative estimate of drug-likeness (QED) is 0.0222. The van der Waals surface area contributed by atoms with Crippen LogP contribution in [0, 0.1) is 23.7 Å². The molecule has 0 aliphatic rings. The van der Waals surface area contributed by atoms with Gasteiger partial charge in [-0.05, 0) is 49.4 Å². The Bertz CT molecular complexity index is 1700. The summed E-state index contributed by atoms with van der Waals surface area (Å²) in [6, 6.07) is 0. The number of phosphoric ester groups is 2. The number of phosphoric acid groups is 2. The number of hydrogen-bond acceptors (Lipinski definition) is 15. The van der Waals surface area contributed by atoms with Crippen molar-refractivity contribution in [3.8, 4) is 0 Å². The first kappa shape index (κ1) is 83.1. The first-order valence-electron chi connectivity index (χ1n) is 34.2. The van der Waals surface area contributed by atoms with Crippen molar-refractivity contribution in [2.24, 2.45) is 23.7 Å². The van der Waals surface area contributed by atoms with E-state index < -0.39 is 97.5 Å². The number of rotatable bonds is 63. The van der Waals surface area contributed by atoms with Crippen LogP contribution in [0.3, 0.4) is 0 Å². The highest BCUT2D eigenvalue weighted by Gasteiger charge is 2.30. The van der Waals surface area contributed by atoms with Gasteiger partial charge in [0.15, 0.2) is 12.2 Å². The summed E-state index contributed by atoms with van der Waals surface area (Å²) in [5, 5.41) is 10.5. The largest absolute Gasteiger partial charge is 0.472 e. The minimum Gasteiger partial charge on any atom is -0.462 e. The maximum absolute atomic E-state index is 13.0. The number of esters is 4. The molecule has 0 heterocycles. The summed E-state index contributed by atoms with van der Waals surface area (Å²) in [6.07, 6.45) is 36.5. The third-order valence-electron chi connectivity index (χ3n) is 15.4. The summed E-state index contributed by atoms with van der Waals surface area (Å²) in [6.45, 7) is 13.9. The van der Waals surface area contributed by atoms with Gasteiger partial charge in [0.05, 0.1) is 26.4 Å². The van der Waals surface area contributed by atoms with E-state index in [2.05, 4.69) is 55.4 Å². The zero-order chi connectivity index (χ0) is 63.2. The Morgan fingerprint density at radius 1 is 0.329 bits per heavy atom. The Hall–Kier alpha value is -1.94. The number of aliphatic hydroxyl groups is 1. The summed E-state index contributed by atoms with van der Waals surface area (Å²) in [4.78, 5) is 72.3. The molecule has 6 atom stereocenters. The van der Waals surface area contributed by atoms with E-state index in [0.717, 1.165) is 115 Å². The van der Waals surface area contributed by atoms with Gasteiger partial charge in [0, 0.05) is 25.7 Å². The number of hydrogen-bond donors (Lipinski definition) is 3. The molecule has 17 nitrogen and oxygen atoms in total. The summed E-state index contributed by atoms with van der Waals surface area (Å²) in [5.74, 6) is 0.751. The second-order valence-corrected chi connectivity index (χ2v) is 28.4. The average Bonchev–Trinajstić information content (AvgIpc) is 3.56. The van der Waals surface area contributed by atoms with Crippen molar-refractivity contribution in [1.82, 2.24) is 0 Å². The van der Waals surface area contributed by atoms with Crippen LogP contribution in [0.25, 0.3) is 0 Å². The van der Waals surface area contributed by atoms with Crippen molar-refractivity contribution in [1.29, 1.82) is 0 Å². The van der Waals surface area contributed by atoms with Gasteiger partial charge in [0.2, 0.25) is 0 Å². The van der Waals surface area contributed by atoms with Crippen molar-refractivity contribution < 1.29 is 80.2 Å². The minimum atomic E-state index is -4.95. The third-order valence-corrected chi connectivity index (χ3v) is 17.3. The van der Waals surface area contributed by atoms with E-state index in [-0.39, 0.29) is 25.7 Å². The summed E-state index contributed by atoms with van der Waals surface area (Å²) in [7, 11) is -9.89. The molecule has 0 amide bonds. The second kappa shape index (κ2) is 56.1. The van der Waals surface area contributed by atoms with Gasteiger partial charge in [-0.3, -0.25) is 37.3 Å². The van der Waals surface area contributed by atoms with Crippen LogP contribution in [0.1, 0.15) is 319 Å². The van der Waals surface area contributed by atoms with Crippen LogP contribution >= 0.6 is 15.6 Å². The maximum Gasteiger partial charge on any atom is 0.472 e. The number of ether oxygens (including phenoxy) is 4. The van der Waals surface area contributed by atoms with Crippen molar-refractivity contribution >= 4 is 39.5 Å². The van der Waals surface area contributed by atoms with Gasteiger partial charge in [-0.2, -0.15) is 0 Å². The first-order valence-corrected chi connectivity index (χ1v) is 37.2. The number of unbranched alkanes of at least 4 members (excludes halogenated alkanes) is 28. The van der Waals surface area contributed by atoms with E-state index in [4.69, 9.17) is 37.0 Å². The van der Waals surface area contributed by atoms with Gasteiger partial charge in [-0.25, -0.2) is 9.13 Å². The topological polar surface area (TPSA) is 237 Å². The zero-order valence-electron chi connectivity index (χ0n) is 55.2. The molecule has 0 aromatic carbocycles. The molecule has 504 valence electrons. The lowest BCUT2D eigenvalue weighted by Gasteiger charge is -2.21. The molecule has 0 spiro atoms.